The fourth-order valence-corrected chi connectivity index (χ4v) is 5.60. The molecular formula is C9H20O2S2. The predicted molar refractivity (Wildman–Crippen MR) is 60.4 cm³/mol. The second-order valence-electron chi connectivity index (χ2n) is 3.46. The van der Waals surface area contributed by atoms with Gasteiger partial charge in [-0.1, -0.05) is 27.7 Å². The van der Waals surface area contributed by atoms with Crippen LogP contribution in [0.2, 0.25) is 0 Å². The highest BCUT2D eigenvalue weighted by Crippen LogP contribution is 2.22. The predicted octanol–water partition coefficient (Wildman–Crippen LogP) is 2.24. The van der Waals surface area contributed by atoms with Crippen molar-refractivity contribution in [2.75, 3.05) is 5.75 Å². The number of hydrogen-bond donors (Lipinski definition) is 0. The maximum atomic E-state index is 11.7. The molecule has 0 aromatic heterocycles. The smallest absolute Gasteiger partial charge is 0.174 e. The van der Waals surface area contributed by atoms with E-state index >= 15 is 0 Å². The summed E-state index contributed by atoms with van der Waals surface area (Å²) in [5, 5.41) is 0.0902. The lowest BCUT2D eigenvalue weighted by atomic mass is 10.1. The summed E-state index contributed by atoms with van der Waals surface area (Å²) in [7, 11) is -2.30. The Hall–Kier alpha value is 0.620. The lowest BCUT2D eigenvalue weighted by Gasteiger charge is -2.21. The normalized spacial score (nSPS) is 18.7. The van der Waals surface area contributed by atoms with Gasteiger partial charge in [0, 0.05) is 5.92 Å². The molecule has 80 valence electrons. The molecule has 3 atom stereocenters. The molecular weight excluding hydrogens is 204 g/mol. The molecule has 13 heavy (non-hydrogen) atoms. The van der Waals surface area contributed by atoms with E-state index < -0.39 is 20.4 Å². The van der Waals surface area contributed by atoms with Gasteiger partial charge in [0.1, 0.15) is 0 Å². The molecule has 0 aromatic carbocycles. The van der Waals surface area contributed by atoms with Crippen molar-refractivity contribution in [3.8, 4) is 0 Å². The van der Waals surface area contributed by atoms with Crippen molar-refractivity contribution in [1.29, 1.82) is 0 Å². The minimum absolute atomic E-state index is 0.0902. The molecule has 0 bridgehead atoms. The standard InChI is InChI=1S/C9H20O2S2/c1-5-7-12(10)13(11)9(6-2)8(3)4/h8-9H,5-7H2,1-4H3. The highest BCUT2D eigenvalue weighted by Gasteiger charge is 2.35. The molecule has 3 unspecified atom stereocenters. The van der Waals surface area contributed by atoms with Crippen LogP contribution in [0.15, 0.2) is 0 Å². The summed E-state index contributed by atoms with van der Waals surface area (Å²) in [6.45, 7) is 8.04. The Morgan fingerprint density at radius 3 is 2.00 bits per heavy atom. The minimum Gasteiger partial charge on any atom is -0.571 e. The highest BCUT2D eigenvalue weighted by atomic mass is 33.2. The van der Waals surface area contributed by atoms with Crippen LogP contribution in [-0.4, -0.2) is 20.1 Å². The largest absolute Gasteiger partial charge is 0.571 e. The third-order valence-corrected chi connectivity index (χ3v) is 6.77. The molecule has 0 aliphatic rings. The molecule has 0 aromatic rings. The third kappa shape index (κ3) is 4.58. The molecule has 0 saturated carbocycles. The molecule has 0 fully saturated rings. The summed E-state index contributed by atoms with van der Waals surface area (Å²) in [4.78, 5) is 0. The molecule has 0 amide bonds. The van der Waals surface area contributed by atoms with Crippen LogP contribution in [0.25, 0.3) is 0 Å². The van der Waals surface area contributed by atoms with Crippen LogP contribution >= 0.6 is 0 Å². The van der Waals surface area contributed by atoms with Crippen molar-refractivity contribution in [3.63, 3.8) is 0 Å². The van der Waals surface area contributed by atoms with Crippen LogP contribution in [0.5, 0.6) is 0 Å². The van der Waals surface area contributed by atoms with Gasteiger partial charge in [-0.05, 0) is 12.8 Å². The zero-order valence-electron chi connectivity index (χ0n) is 8.91. The van der Waals surface area contributed by atoms with E-state index in [1.165, 1.54) is 0 Å². The van der Waals surface area contributed by atoms with E-state index in [0.29, 0.717) is 11.7 Å². The van der Waals surface area contributed by atoms with Crippen molar-refractivity contribution in [3.05, 3.63) is 0 Å². The highest BCUT2D eigenvalue weighted by molar-refractivity contribution is 8.67. The Labute approximate surface area is 87.2 Å². The molecule has 0 saturated heterocycles. The van der Waals surface area contributed by atoms with Gasteiger partial charge in [-0.2, -0.15) is 0 Å². The van der Waals surface area contributed by atoms with E-state index in [2.05, 4.69) is 0 Å². The van der Waals surface area contributed by atoms with Crippen LogP contribution in [0, 0.1) is 5.92 Å². The summed E-state index contributed by atoms with van der Waals surface area (Å²) < 4.78 is 23.2. The Balaban J connectivity index is 4.10. The fraction of sp³-hybridized carbons (Fsp3) is 1.00. The topological polar surface area (TPSA) is 46.1 Å². The van der Waals surface area contributed by atoms with Gasteiger partial charge in [0.05, 0.1) is 0 Å². The molecule has 0 heterocycles. The summed E-state index contributed by atoms with van der Waals surface area (Å²) >= 11 is 0. The molecule has 0 N–H and O–H groups in total. The van der Waals surface area contributed by atoms with E-state index in [1.807, 2.05) is 27.7 Å². The fourth-order valence-electron chi connectivity index (χ4n) is 1.22. The van der Waals surface area contributed by atoms with E-state index in [9.17, 15) is 9.11 Å². The van der Waals surface area contributed by atoms with Crippen molar-refractivity contribution < 1.29 is 9.11 Å². The summed E-state index contributed by atoms with van der Waals surface area (Å²) in [6, 6.07) is 0. The SMILES string of the molecule is CCC[S+]([O-])[S+]([O-])C(CC)C(C)C. The first-order valence-electron chi connectivity index (χ1n) is 4.83. The quantitative estimate of drug-likeness (QED) is 0.513. The second kappa shape index (κ2) is 6.98. The van der Waals surface area contributed by atoms with E-state index in [0.717, 1.165) is 12.8 Å². The lowest BCUT2D eigenvalue weighted by molar-refractivity contribution is 0.526. The van der Waals surface area contributed by atoms with Gasteiger partial charge in [0.15, 0.2) is 31.4 Å². The Bertz CT molecular complexity index is 131. The zero-order valence-corrected chi connectivity index (χ0v) is 10.5. The van der Waals surface area contributed by atoms with E-state index in [4.69, 9.17) is 0 Å². The molecule has 0 radical (unpaired) electrons. The summed E-state index contributed by atoms with van der Waals surface area (Å²) in [6.07, 6.45) is 1.69. The first kappa shape index (κ1) is 13.6. The monoisotopic (exact) mass is 224 g/mol. The van der Waals surface area contributed by atoms with E-state index in [-0.39, 0.29) is 5.25 Å². The third-order valence-electron chi connectivity index (χ3n) is 1.95. The van der Waals surface area contributed by atoms with Crippen LogP contribution in [0.1, 0.15) is 40.5 Å². The van der Waals surface area contributed by atoms with Gasteiger partial charge in [0.2, 0.25) is 0 Å². The van der Waals surface area contributed by atoms with Crippen molar-refractivity contribution in [1.82, 2.24) is 0 Å². The van der Waals surface area contributed by atoms with Crippen LogP contribution in [0.4, 0.5) is 0 Å². The Morgan fingerprint density at radius 1 is 1.15 bits per heavy atom. The van der Waals surface area contributed by atoms with Gasteiger partial charge < -0.3 is 9.11 Å². The van der Waals surface area contributed by atoms with Crippen LogP contribution in [0.3, 0.4) is 0 Å². The first-order chi connectivity index (χ1) is 6.04. The first-order valence-corrected chi connectivity index (χ1v) is 7.88. The van der Waals surface area contributed by atoms with Gasteiger partial charge in [-0.3, -0.25) is 0 Å². The maximum Gasteiger partial charge on any atom is 0.174 e. The molecule has 0 rings (SSSR count). The number of rotatable bonds is 6. The lowest BCUT2D eigenvalue weighted by Crippen LogP contribution is -2.33. The minimum atomic E-state index is -1.16. The average molecular weight is 224 g/mol. The average Bonchev–Trinajstić information content (AvgIpc) is 2.05. The van der Waals surface area contributed by atoms with Gasteiger partial charge in [-0.25, -0.2) is 0 Å². The zero-order chi connectivity index (χ0) is 10.4. The van der Waals surface area contributed by atoms with Gasteiger partial charge in [0.25, 0.3) is 0 Å². The van der Waals surface area contributed by atoms with E-state index in [1.54, 1.807) is 0 Å². The van der Waals surface area contributed by atoms with Crippen molar-refractivity contribution in [2.24, 2.45) is 5.92 Å². The molecule has 2 nitrogen and oxygen atoms in total. The maximum absolute atomic E-state index is 11.7. The Morgan fingerprint density at radius 2 is 1.69 bits per heavy atom. The van der Waals surface area contributed by atoms with Crippen molar-refractivity contribution in [2.45, 2.75) is 45.8 Å². The van der Waals surface area contributed by atoms with Gasteiger partial charge >= 0.3 is 0 Å². The van der Waals surface area contributed by atoms with Crippen LogP contribution < -0.4 is 0 Å². The van der Waals surface area contributed by atoms with Gasteiger partial charge in [-0.15, -0.1) is 0 Å². The summed E-state index contributed by atoms with van der Waals surface area (Å²) in [5.74, 6) is 0.919. The Kier molecular flexibility index (Phi) is 7.32. The van der Waals surface area contributed by atoms with Crippen molar-refractivity contribution >= 4 is 20.4 Å². The van der Waals surface area contributed by atoms with Crippen LogP contribution in [-0.2, 0) is 20.4 Å². The molecule has 0 aliphatic carbocycles. The molecule has 0 aliphatic heterocycles. The molecule has 0 spiro atoms. The summed E-state index contributed by atoms with van der Waals surface area (Å²) in [5.41, 5.74) is 0. The number of hydrogen-bond acceptors (Lipinski definition) is 2. The molecule has 4 heteroatoms. The second-order valence-corrected chi connectivity index (χ2v) is 7.70.